The summed E-state index contributed by atoms with van der Waals surface area (Å²) in [6, 6.07) is 5.85. The van der Waals surface area contributed by atoms with E-state index in [1.807, 2.05) is 25.1 Å². The van der Waals surface area contributed by atoms with Gasteiger partial charge in [-0.05, 0) is 24.6 Å². The van der Waals surface area contributed by atoms with Crippen LogP contribution in [0.3, 0.4) is 0 Å². The van der Waals surface area contributed by atoms with Gasteiger partial charge in [0, 0.05) is 33.6 Å². The molecule has 0 spiro atoms. The molecule has 1 N–H and O–H groups in total. The average Bonchev–Trinajstić information content (AvgIpc) is 2.44. The minimum Gasteiger partial charge on any atom is -0.493 e. The zero-order chi connectivity index (χ0) is 15.0. The van der Waals surface area contributed by atoms with Gasteiger partial charge in [0.1, 0.15) is 0 Å². The van der Waals surface area contributed by atoms with E-state index in [9.17, 15) is 4.79 Å². The number of hydrogen-bond donors (Lipinski definition) is 1. The smallest absolute Gasteiger partial charge is 0.223 e. The Bertz CT molecular complexity index is 433. The maximum Gasteiger partial charge on any atom is 0.223 e. The van der Waals surface area contributed by atoms with Gasteiger partial charge in [0.2, 0.25) is 5.91 Å². The summed E-state index contributed by atoms with van der Waals surface area (Å²) in [4.78, 5) is 13.0. The van der Waals surface area contributed by atoms with Crippen molar-refractivity contribution < 1.29 is 14.3 Å². The third kappa shape index (κ3) is 5.09. The van der Waals surface area contributed by atoms with E-state index >= 15 is 0 Å². The fourth-order valence-electron chi connectivity index (χ4n) is 1.75. The third-order valence-corrected chi connectivity index (χ3v) is 2.87. The number of methoxy groups -OCH3 is 1. The molecular formula is C15H24N2O3. The summed E-state index contributed by atoms with van der Waals surface area (Å²) < 4.78 is 10.8. The van der Waals surface area contributed by atoms with Gasteiger partial charge in [-0.1, -0.05) is 6.07 Å². The molecule has 0 fully saturated rings. The van der Waals surface area contributed by atoms with E-state index in [0.29, 0.717) is 26.1 Å². The SMILES string of the molecule is CCOc1cc(CNCCC(=O)N(C)C)ccc1OC. The highest BCUT2D eigenvalue weighted by molar-refractivity contribution is 5.75. The summed E-state index contributed by atoms with van der Waals surface area (Å²) >= 11 is 0. The van der Waals surface area contributed by atoms with E-state index < -0.39 is 0 Å². The molecule has 1 aromatic rings. The van der Waals surface area contributed by atoms with E-state index in [2.05, 4.69) is 5.32 Å². The molecule has 0 unspecified atom stereocenters. The topological polar surface area (TPSA) is 50.8 Å². The van der Waals surface area contributed by atoms with Crippen molar-refractivity contribution in [3.05, 3.63) is 23.8 Å². The summed E-state index contributed by atoms with van der Waals surface area (Å²) in [5, 5.41) is 3.25. The molecule has 0 aliphatic rings. The van der Waals surface area contributed by atoms with Crippen LogP contribution in [-0.4, -0.2) is 45.2 Å². The summed E-state index contributed by atoms with van der Waals surface area (Å²) in [5.74, 6) is 1.61. The molecule has 0 aliphatic heterocycles. The molecule has 5 heteroatoms. The van der Waals surface area contributed by atoms with E-state index in [4.69, 9.17) is 9.47 Å². The summed E-state index contributed by atoms with van der Waals surface area (Å²) in [6.07, 6.45) is 0.501. The van der Waals surface area contributed by atoms with Crippen LogP contribution in [0.5, 0.6) is 11.5 Å². The molecule has 112 valence electrons. The molecule has 0 atom stereocenters. The van der Waals surface area contributed by atoms with Crippen LogP contribution in [0.1, 0.15) is 18.9 Å². The minimum atomic E-state index is 0.127. The summed E-state index contributed by atoms with van der Waals surface area (Å²) in [7, 11) is 5.16. The Balaban J connectivity index is 2.48. The van der Waals surface area contributed by atoms with Gasteiger partial charge < -0.3 is 19.7 Å². The Morgan fingerprint density at radius 3 is 2.65 bits per heavy atom. The average molecular weight is 280 g/mol. The Morgan fingerprint density at radius 1 is 1.30 bits per heavy atom. The van der Waals surface area contributed by atoms with Crippen molar-refractivity contribution in [1.82, 2.24) is 10.2 Å². The van der Waals surface area contributed by atoms with E-state index in [-0.39, 0.29) is 5.91 Å². The predicted molar refractivity (Wildman–Crippen MR) is 79.2 cm³/mol. The number of carbonyl (C=O) groups excluding carboxylic acids is 1. The van der Waals surface area contributed by atoms with E-state index in [0.717, 1.165) is 17.1 Å². The lowest BCUT2D eigenvalue weighted by atomic mass is 10.2. The Kier molecular flexibility index (Phi) is 6.87. The van der Waals surface area contributed by atoms with Crippen LogP contribution >= 0.6 is 0 Å². The number of nitrogens with one attached hydrogen (secondary N) is 1. The first-order valence-corrected chi connectivity index (χ1v) is 6.79. The summed E-state index contributed by atoms with van der Waals surface area (Å²) in [5.41, 5.74) is 1.10. The van der Waals surface area contributed by atoms with Crippen molar-refractivity contribution in [3.63, 3.8) is 0 Å². The highest BCUT2D eigenvalue weighted by Gasteiger charge is 2.06. The molecule has 0 bridgehead atoms. The van der Waals surface area contributed by atoms with Crippen molar-refractivity contribution in [1.29, 1.82) is 0 Å². The predicted octanol–water partition coefficient (Wildman–Crippen LogP) is 1.66. The lowest BCUT2D eigenvalue weighted by Gasteiger charge is -2.12. The molecule has 0 saturated carbocycles. The molecule has 0 aromatic heterocycles. The standard InChI is InChI=1S/C15H24N2O3/c1-5-20-14-10-12(6-7-13(14)19-4)11-16-9-8-15(18)17(2)3/h6-7,10,16H,5,8-9,11H2,1-4H3. The number of carbonyl (C=O) groups is 1. The first kappa shape index (κ1) is 16.3. The lowest BCUT2D eigenvalue weighted by Crippen LogP contribution is -2.26. The zero-order valence-corrected chi connectivity index (χ0v) is 12.7. The first-order valence-electron chi connectivity index (χ1n) is 6.79. The van der Waals surface area contributed by atoms with Gasteiger partial charge in [0.25, 0.3) is 0 Å². The normalized spacial score (nSPS) is 10.2. The lowest BCUT2D eigenvalue weighted by molar-refractivity contribution is -0.128. The minimum absolute atomic E-state index is 0.127. The van der Waals surface area contributed by atoms with Gasteiger partial charge in [-0.2, -0.15) is 0 Å². The number of nitrogens with zero attached hydrogens (tertiary/aromatic N) is 1. The van der Waals surface area contributed by atoms with Crippen LogP contribution < -0.4 is 14.8 Å². The second-order valence-corrected chi connectivity index (χ2v) is 4.63. The number of ether oxygens (including phenoxy) is 2. The Hall–Kier alpha value is -1.75. The maximum absolute atomic E-state index is 11.4. The van der Waals surface area contributed by atoms with Gasteiger partial charge in [-0.25, -0.2) is 0 Å². The molecule has 0 saturated heterocycles. The van der Waals surface area contributed by atoms with Crippen molar-refractivity contribution >= 4 is 5.91 Å². The largest absolute Gasteiger partial charge is 0.493 e. The van der Waals surface area contributed by atoms with Gasteiger partial charge in [-0.15, -0.1) is 0 Å². The van der Waals surface area contributed by atoms with Gasteiger partial charge in [0.15, 0.2) is 11.5 Å². The monoisotopic (exact) mass is 280 g/mol. The van der Waals surface area contributed by atoms with E-state index in [1.165, 1.54) is 0 Å². The van der Waals surface area contributed by atoms with Crippen LogP contribution in [0.2, 0.25) is 0 Å². The highest BCUT2D eigenvalue weighted by Crippen LogP contribution is 2.27. The molecule has 0 radical (unpaired) electrons. The Morgan fingerprint density at radius 2 is 2.05 bits per heavy atom. The van der Waals surface area contributed by atoms with E-state index in [1.54, 1.807) is 26.1 Å². The number of benzene rings is 1. The quantitative estimate of drug-likeness (QED) is 0.736. The second-order valence-electron chi connectivity index (χ2n) is 4.63. The van der Waals surface area contributed by atoms with Gasteiger partial charge in [-0.3, -0.25) is 4.79 Å². The summed E-state index contributed by atoms with van der Waals surface area (Å²) in [6.45, 7) is 3.90. The van der Waals surface area contributed by atoms with Crippen molar-refractivity contribution in [2.24, 2.45) is 0 Å². The molecule has 1 rings (SSSR count). The molecular weight excluding hydrogens is 256 g/mol. The van der Waals surface area contributed by atoms with Crippen LogP contribution in [-0.2, 0) is 11.3 Å². The van der Waals surface area contributed by atoms with Gasteiger partial charge >= 0.3 is 0 Å². The van der Waals surface area contributed by atoms with Crippen LogP contribution in [0.15, 0.2) is 18.2 Å². The van der Waals surface area contributed by atoms with Crippen molar-refractivity contribution in [2.45, 2.75) is 19.9 Å². The second kappa shape index (κ2) is 8.43. The molecule has 1 aromatic carbocycles. The van der Waals surface area contributed by atoms with Crippen LogP contribution in [0.4, 0.5) is 0 Å². The van der Waals surface area contributed by atoms with Crippen LogP contribution in [0.25, 0.3) is 0 Å². The molecule has 5 nitrogen and oxygen atoms in total. The maximum atomic E-state index is 11.4. The van der Waals surface area contributed by atoms with Crippen LogP contribution in [0, 0.1) is 0 Å². The fourth-order valence-corrected chi connectivity index (χ4v) is 1.75. The number of hydrogen-bond acceptors (Lipinski definition) is 4. The fraction of sp³-hybridized carbons (Fsp3) is 0.533. The third-order valence-electron chi connectivity index (χ3n) is 2.87. The van der Waals surface area contributed by atoms with Gasteiger partial charge in [0.05, 0.1) is 13.7 Å². The Labute approximate surface area is 120 Å². The molecule has 1 amide bonds. The molecule has 0 aliphatic carbocycles. The number of amides is 1. The molecule has 20 heavy (non-hydrogen) atoms. The highest BCUT2D eigenvalue weighted by atomic mass is 16.5. The van der Waals surface area contributed by atoms with Crippen molar-refractivity contribution in [3.8, 4) is 11.5 Å². The van der Waals surface area contributed by atoms with Crippen molar-refractivity contribution in [2.75, 3.05) is 34.4 Å². The number of rotatable bonds is 8. The first-order chi connectivity index (χ1) is 9.58. The zero-order valence-electron chi connectivity index (χ0n) is 12.7. The molecule has 0 heterocycles.